The van der Waals surface area contributed by atoms with E-state index in [9.17, 15) is 4.79 Å². The van der Waals surface area contributed by atoms with Gasteiger partial charge in [0, 0.05) is 61.5 Å². The maximum absolute atomic E-state index is 13.0. The number of nitrogens with zero attached hydrogens (tertiary/aromatic N) is 5. The summed E-state index contributed by atoms with van der Waals surface area (Å²) < 4.78 is 1.98. The van der Waals surface area contributed by atoms with E-state index in [-0.39, 0.29) is 5.91 Å². The number of pyridine rings is 1. The second kappa shape index (κ2) is 8.34. The van der Waals surface area contributed by atoms with Crippen LogP contribution in [0, 0.1) is 13.8 Å². The summed E-state index contributed by atoms with van der Waals surface area (Å²) in [4.78, 5) is 26.4. The second-order valence-corrected chi connectivity index (χ2v) is 8.22. The largest absolute Gasteiger partial charge is 0.353 e. The molecule has 5 rings (SSSR count). The van der Waals surface area contributed by atoms with Crippen molar-refractivity contribution in [3.05, 3.63) is 83.8 Å². The van der Waals surface area contributed by atoms with E-state index >= 15 is 0 Å². The normalized spacial score (nSPS) is 14.1. The molecule has 7 heteroatoms. The number of anilines is 3. The summed E-state index contributed by atoms with van der Waals surface area (Å²) in [6.45, 7) is 6.83. The van der Waals surface area contributed by atoms with Crippen molar-refractivity contribution >= 4 is 28.9 Å². The Hall–Kier alpha value is -3.87. The molecule has 0 unspecified atom stereocenters. The van der Waals surface area contributed by atoms with Crippen LogP contribution in [0.2, 0.25) is 0 Å². The molecule has 0 atom stereocenters. The van der Waals surface area contributed by atoms with Crippen LogP contribution in [0.25, 0.3) is 5.52 Å². The number of nitrogens with one attached hydrogen (secondary N) is 1. The first-order chi connectivity index (χ1) is 15.5. The summed E-state index contributed by atoms with van der Waals surface area (Å²) in [6.07, 6.45) is 3.87. The first-order valence-electron chi connectivity index (χ1n) is 10.9. The maximum atomic E-state index is 13.0. The zero-order chi connectivity index (χ0) is 22.1. The minimum absolute atomic E-state index is 0.0777. The minimum atomic E-state index is 0.0777. The molecule has 0 aliphatic carbocycles. The quantitative estimate of drug-likeness (QED) is 0.533. The van der Waals surface area contributed by atoms with Gasteiger partial charge >= 0.3 is 0 Å². The second-order valence-electron chi connectivity index (χ2n) is 8.22. The van der Waals surface area contributed by atoms with Crippen LogP contribution in [0.4, 0.5) is 17.5 Å². The fourth-order valence-corrected chi connectivity index (χ4v) is 4.03. The van der Waals surface area contributed by atoms with Crippen LogP contribution in [-0.2, 0) is 0 Å². The molecule has 1 aliphatic heterocycles. The fraction of sp³-hybridized carbons (Fsp3) is 0.240. The third-order valence-corrected chi connectivity index (χ3v) is 5.79. The van der Waals surface area contributed by atoms with E-state index in [0.29, 0.717) is 19.0 Å². The lowest BCUT2D eigenvalue weighted by Gasteiger charge is -2.35. The molecule has 7 nitrogen and oxygen atoms in total. The lowest BCUT2D eigenvalue weighted by atomic mass is 10.2. The van der Waals surface area contributed by atoms with Crippen molar-refractivity contribution in [1.82, 2.24) is 19.3 Å². The molecule has 162 valence electrons. The number of aromatic nitrogens is 3. The van der Waals surface area contributed by atoms with Gasteiger partial charge in [-0.1, -0.05) is 23.8 Å². The van der Waals surface area contributed by atoms with Gasteiger partial charge in [0.05, 0.1) is 5.56 Å². The van der Waals surface area contributed by atoms with E-state index in [1.807, 2.05) is 71.1 Å². The highest BCUT2D eigenvalue weighted by Crippen LogP contribution is 2.21. The predicted octanol–water partition coefficient (Wildman–Crippen LogP) is 4.05. The number of hydrogen-bond donors (Lipinski definition) is 1. The molecule has 1 fully saturated rings. The number of carbonyl (C=O) groups is 1. The number of fused-ring (bicyclic) bond motifs is 1. The Morgan fingerprint density at radius 1 is 0.938 bits per heavy atom. The highest BCUT2D eigenvalue weighted by Gasteiger charge is 2.24. The first kappa shape index (κ1) is 20.1. The van der Waals surface area contributed by atoms with Gasteiger partial charge in [0.15, 0.2) is 0 Å². The average Bonchev–Trinajstić information content (AvgIpc) is 3.24. The molecule has 0 bridgehead atoms. The van der Waals surface area contributed by atoms with Crippen molar-refractivity contribution in [3.8, 4) is 0 Å². The first-order valence-corrected chi connectivity index (χ1v) is 10.9. The van der Waals surface area contributed by atoms with E-state index in [1.165, 1.54) is 5.56 Å². The van der Waals surface area contributed by atoms with Gasteiger partial charge in [0.25, 0.3) is 5.91 Å². The number of rotatable bonds is 4. The monoisotopic (exact) mass is 426 g/mol. The van der Waals surface area contributed by atoms with Crippen molar-refractivity contribution in [2.45, 2.75) is 13.8 Å². The Morgan fingerprint density at radius 2 is 1.72 bits per heavy atom. The Labute approximate surface area is 187 Å². The molecule has 1 amide bonds. The van der Waals surface area contributed by atoms with Crippen LogP contribution in [0.1, 0.15) is 21.6 Å². The van der Waals surface area contributed by atoms with Crippen molar-refractivity contribution < 1.29 is 4.79 Å². The number of aryl methyl sites for hydroxylation is 2. The van der Waals surface area contributed by atoms with E-state index in [2.05, 4.69) is 34.3 Å². The van der Waals surface area contributed by atoms with Crippen LogP contribution in [0.3, 0.4) is 0 Å². The Kier molecular flexibility index (Phi) is 5.23. The molecule has 1 saturated heterocycles. The molecule has 1 N–H and O–H groups in total. The van der Waals surface area contributed by atoms with Gasteiger partial charge in [-0.3, -0.25) is 4.79 Å². The standard InChI is InChI=1S/C25H26N6O/c1-18-6-8-21(9-7-18)27-25-26-19(2)15-23(28-25)29-11-13-30(14-12-29)24(32)20-16-22-5-3-4-10-31(22)17-20/h3-10,15-17H,11-14H2,1-2H3,(H,26,27,28). The summed E-state index contributed by atoms with van der Waals surface area (Å²) in [6, 6.07) is 18.1. The average molecular weight is 427 g/mol. The Balaban J connectivity index is 1.27. The highest BCUT2D eigenvalue weighted by molar-refractivity contribution is 5.95. The lowest BCUT2D eigenvalue weighted by molar-refractivity contribution is 0.0746. The van der Waals surface area contributed by atoms with Crippen LogP contribution < -0.4 is 10.2 Å². The van der Waals surface area contributed by atoms with Gasteiger partial charge in [-0.05, 0) is 44.2 Å². The van der Waals surface area contributed by atoms with Crippen molar-refractivity contribution in [2.24, 2.45) is 0 Å². The molecule has 4 aromatic rings. The SMILES string of the molecule is Cc1ccc(Nc2nc(C)cc(N3CCN(C(=O)c4cc5ccccn5c4)CC3)n2)cc1. The van der Waals surface area contributed by atoms with Crippen LogP contribution in [0.15, 0.2) is 67.0 Å². The maximum Gasteiger partial charge on any atom is 0.255 e. The third kappa shape index (κ3) is 4.14. The number of benzene rings is 1. The van der Waals surface area contributed by atoms with Crippen molar-refractivity contribution in [2.75, 3.05) is 36.4 Å². The Bertz CT molecular complexity index is 1220. The van der Waals surface area contributed by atoms with Gasteiger partial charge in [-0.15, -0.1) is 0 Å². The lowest BCUT2D eigenvalue weighted by Crippen LogP contribution is -2.49. The van der Waals surface area contributed by atoms with E-state index < -0.39 is 0 Å². The minimum Gasteiger partial charge on any atom is -0.353 e. The van der Waals surface area contributed by atoms with E-state index in [4.69, 9.17) is 4.98 Å². The molecule has 3 aromatic heterocycles. The number of piperazine rings is 1. The molecule has 0 radical (unpaired) electrons. The summed E-state index contributed by atoms with van der Waals surface area (Å²) in [5.41, 5.74) is 4.83. The summed E-state index contributed by atoms with van der Waals surface area (Å²) in [5, 5.41) is 3.30. The fourth-order valence-electron chi connectivity index (χ4n) is 4.03. The van der Waals surface area contributed by atoms with Gasteiger partial charge in [-0.25, -0.2) is 4.98 Å². The van der Waals surface area contributed by atoms with Crippen LogP contribution in [-0.4, -0.2) is 51.4 Å². The summed E-state index contributed by atoms with van der Waals surface area (Å²) >= 11 is 0. The summed E-state index contributed by atoms with van der Waals surface area (Å²) in [5.74, 6) is 1.55. The number of carbonyl (C=O) groups excluding carboxylic acids is 1. The van der Waals surface area contributed by atoms with Crippen molar-refractivity contribution in [3.63, 3.8) is 0 Å². The molecule has 1 aliphatic rings. The zero-order valence-corrected chi connectivity index (χ0v) is 18.3. The highest BCUT2D eigenvalue weighted by atomic mass is 16.2. The number of amides is 1. The molecule has 0 spiro atoms. The molecule has 1 aromatic carbocycles. The summed E-state index contributed by atoms with van der Waals surface area (Å²) in [7, 11) is 0. The molecule has 0 saturated carbocycles. The van der Waals surface area contributed by atoms with E-state index in [1.54, 1.807) is 0 Å². The van der Waals surface area contributed by atoms with Crippen LogP contribution >= 0.6 is 0 Å². The molecule has 32 heavy (non-hydrogen) atoms. The van der Waals surface area contributed by atoms with Gasteiger partial charge in [0.1, 0.15) is 5.82 Å². The predicted molar refractivity (Wildman–Crippen MR) is 127 cm³/mol. The molecular formula is C25H26N6O. The topological polar surface area (TPSA) is 65.8 Å². The van der Waals surface area contributed by atoms with Gasteiger partial charge < -0.3 is 19.5 Å². The number of hydrogen-bond acceptors (Lipinski definition) is 5. The smallest absolute Gasteiger partial charge is 0.255 e. The van der Waals surface area contributed by atoms with Gasteiger partial charge in [0.2, 0.25) is 5.95 Å². The third-order valence-electron chi connectivity index (χ3n) is 5.79. The van der Waals surface area contributed by atoms with E-state index in [0.717, 1.165) is 41.4 Å². The molecular weight excluding hydrogens is 400 g/mol. The van der Waals surface area contributed by atoms with Crippen LogP contribution in [0.5, 0.6) is 0 Å². The Morgan fingerprint density at radius 3 is 2.47 bits per heavy atom. The zero-order valence-electron chi connectivity index (χ0n) is 18.3. The van der Waals surface area contributed by atoms with Crippen molar-refractivity contribution in [1.29, 1.82) is 0 Å². The van der Waals surface area contributed by atoms with Gasteiger partial charge in [-0.2, -0.15) is 4.98 Å². The molecule has 4 heterocycles.